The average Bonchev–Trinajstić information content (AvgIpc) is 2.20. The second-order valence-electron chi connectivity index (χ2n) is 2.69. The van der Waals surface area contributed by atoms with E-state index in [1.807, 2.05) is 0 Å². The van der Waals surface area contributed by atoms with Crippen molar-refractivity contribution in [1.82, 2.24) is 0 Å². The molecule has 0 spiro atoms. The Bertz CT molecular complexity index is 407. The number of hydrogen-bond acceptors (Lipinski definition) is 4. The van der Waals surface area contributed by atoms with Gasteiger partial charge >= 0.3 is 5.97 Å². The Morgan fingerprint density at radius 2 is 2.07 bits per heavy atom. The monoisotopic (exact) mass is 206 g/mol. The third-order valence-electron chi connectivity index (χ3n) is 1.61. The molecule has 2 N–H and O–H groups in total. The first-order valence-electron chi connectivity index (χ1n) is 4.15. The van der Waals surface area contributed by atoms with Gasteiger partial charge in [0.15, 0.2) is 11.5 Å². The molecule has 0 radical (unpaired) electrons. The minimum atomic E-state index is -0.558. The third-order valence-corrected chi connectivity index (χ3v) is 1.61. The van der Waals surface area contributed by atoms with Crippen LogP contribution in [0, 0.1) is 0 Å². The van der Waals surface area contributed by atoms with Gasteiger partial charge in [0.25, 0.3) is 0 Å². The van der Waals surface area contributed by atoms with Crippen LogP contribution in [0.25, 0.3) is 6.08 Å². The minimum absolute atomic E-state index is 0.208. The van der Waals surface area contributed by atoms with Gasteiger partial charge in [0.1, 0.15) is 0 Å². The first kappa shape index (κ1) is 10.8. The van der Waals surface area contributed by atoms with E-state index in [-0.39, 0.29) is 11.5 Å². The normalized spacial score (nSPS) is 10.1. The molecule has 1 aromatic carbocycles. The van der Waals surface area contributed by atoms with E-state index in [0.29, 0.717) is 5.56 Å². The van der Waals surface area contributed by atoms with Gasteiger partial charge in [-0.05, 0) is 23.8 Å². The number of phenols is 2. The second kappa shape index (κ2) is 4.85. The largest absolute Gasteiger partial charge is 0.504 e. The molecule has 0 fully saturated rings. The van der Waals surface area contributed by atoms with Crippen molar-refractivity contribution in [2.45, 2.75) is 0 Å². The molecule has 0 bridgehead atoms. The van der Waals surface area contributed by atoms with Crippen molar-refractivity contribution in [1.29, 1.82) is 0 Å². The Hall–Kier alpha value is -2.23. The predicted octanol–water partition coefficient (Wildman–Crippen LogP) is 1.80. The number of phenolic OH excluding ortho intramolecular Hbond substituents is 2. The zero-order chi connectivity index (χ0) is 11.3. The molecular weight excluding hydrogens is 196 g/mol. The van der Waals surface area contributed by atoms with Crippen molar-refractivity contribution < 1.29 is 19.7 Å². The molecule has 1 rings (SSSR count). The van der Waals surface area contributed by atoms with Gasteiger partial charge in [-0.3, -0.25) is 0 Å². The smallest absolute Gasteiger partial charge is 0.335 e. The van der Waals surface area contributed by atoms with Crippen molar-refractivity contribution in [3.63, 3.8) is 0 Å². The van der Waals surface area contributed by atoms with E-state index in [4.69, 9.17) is 10.2 Å². The molecule has 0 amide bonds. The fourth-order valence-corrected chi connectivity index (χ4v) is 0.930. The minimum Gasteiger partial charge on any atom is -0.504 e. The van der Waals surface area contributed by atoms with Crippen LogP contribution in [0.4, 0.5) is 0 Å². The lowest BCUT2D eigenvalue weighted by Gasteiger charge is -1.98. The summed E-state index contributed by atoms with van der Waals surface area (Å²) in [6.07, 6.45) is 3.67. The number of ether oxygens (including phenoxy) is 1. The molecule has 0 aliphatic carbocycles. The maximum atomic E-state index is 10.9. The van der Waals surface area contributed by atoms with Gasteiger partial charge in [0.2, 0.25) is 0 Å². The summed E-state index contributed by atoms with van der Waals surface area (Å²) in [6, 6.07) is 4.20. The molecule has 4 nitrogen and oxygen atoms in total. The molecule has 0 unspecified atom stereocenters. The van der Waals surface area contributed by atoms with E-state index < -0.39 is 5.97 Å². The van der Waals surface area contributed by atoms with Crippen LogP contribution in [-0.2, 0) is 9.53 Å². The van der Waals surface area contributed by atoms with Crippen LogP contribution < -0.4 is 0 Å². The van der Waals surface area contributed by atoms with E-state index in [1.165, 1.54) is 24.3 Å². The van der Waals surface area contributed by atoms with Gasteiger partial charge < -0.3 is 14.9 Å². The highest BCUT2D eigenvalue weighted by Gasteiger charge is 1.98. The Balaban J connectivity index is 2.76. The maximum Gasteiger partial charge on any atom is 0.335 e. The van der Waals surface area contributed by atoms with E-state index in [2.05, 4.69) is 11.3 Å². The summed E-state index contributed by atoms with van der Waals surface area (Å²) in [5, 5.41) is 18.2. The summed E-state index contributed by atoms with van der Waals surface area (Å²) >= 11 is 0. The summed E-state index contributed by atoms with van der Waals surface area (Å²) < 4.78 is 4.44. The van der Waals surface area contributed by atoms with Crippen molar-refractivity contribution in [2.75, 3.05) is 0 Å². The quantitative estimate of drug-likeness (QED) is 0.342. The zero-order valence-electron chi connectivity index (χ0n) is 7.88. The van der Waals surface area contributed by atoms with Crippen LogP contribution >= 0.6 is 0 Å². The van der Waals surface area contributed by atoms with Crippen molar-refractivity contribution >= 4 is 12.0 Å². The summed E-state index contributed by atoms with van der Waals surface area (Å²) in [5.74, 6) is -1.01. The number of rotatable bonds is 3. The number of carbonyl (C=O) groups excluding carboxylic acids is 1. The highest BCUT2D eigenvalue weighted by Crippen LogP contribution is 2.25. The third kappa shape index (κ3) is 3.19. The molecule has 0 aromatic heterocycles. The average molecular weight is 206 g/mol. The number of esters is 1. The van der Waals surface area contributed by atoms with E-state index in [1.54, 1.807) is 6.07 Å². The predicted molar refractivity (Wildman–Crippen MR) is 55.1 cm³/mol. The number of hydrogen-bond donors (Lipinski definition) is 2. The van der Waals surface area contributed by atoms with Crippen LogP contribution in [0.2, 0.25) is 0 Å². The Morgan fingerprint density at radius 1 is 1.33 bits per heavy atom. The standard InChI is InChI=1S/C11H10O4/c1-2-15-11(14)6-4-8-3-5-9(12)10(13)7-8/h2-7,12-13H,1H2/b6-4+. The molecule has 0 aliphatic heterocycles. The molecule has 78 valence electrons. The highest BCUT2D eigenvalue weighted by atomic mass is 16.5. The van der Waals surface area contributed by atoms with Crippen molar-refractivity contribution in [3.8, 4) is 11.5 Å². The van der Waals surface area contributed by atoms with Crippen LogP contribution in [-0.4, -0.2) is 16.2 Å². The van der Waals surface area contributed by atoms with E-state index in [9.17, 15) is 4.79 Å². The summed E-state index contributed by atoms with van der Waals surface area (Å²) in [5.41, 5.74) is 0.575. The van der Waals surface area contributed by atoms with Gasteiger partial charge in [0, 0.05) is 6.08 Å². The molecule has 4 heteroatoms. The van der Waals surface area contributed by atoms with Gasteiger partial charge in [0.05, 0.1) is 6.26 Å². The first-order chi connectivity index (χ1) is 7.13. The Kier molecular flexibility index (Phi) is 3.51. The molecule has 0 saturated heterocycles. The lowest BCUT2D eigenvalue weighted by Crippen LogP contribution is -1.92. The van der Waals surface area contributed by atoms with Crippen LogP contribution in [0.1, 0.15) is 5.56 Å². The lowest BCUT2D eigenvalue weighted by molar-refractivity contribution is -0.132. The van der Waals surface area contributed by atoms with Gasteiger partial charge in [-0.25, -0.2) is 4.79 Å². The lowest BCUT2D eigenvalue weighted by atomic mass is 10.2. The summed E-state index contributed by atoms with van der Waals surface area (Å²) in [7, 11) is 0. The molecule has 0 atom stereocenters. The van der Waals surface area contributed by atoms with E-state index in [0.717, 1.165) is 6.26 Å². The number of aromatic hydroxyl groups is 2. The first-order valence-corrected chi connectivity index (χ1v) is 4.15. The van der Waals surface area contributed by atoms with E-state index >= 15 is 0 Å². The fourth-order valence-electron chi connectivity index (χ4n) is 0.930. The fraction of sp³-hybridized carbons (Fsp3) is 0. The van der Waals surface area contributed by atoms with Crippen molar-refractivity contribution in [3.05, 3.63) is 42.7 Å². The van der Waals surface area contributed by atoms with Crippen LogP contribution in [0.3, 0.4) is 0 Å². The molecule has 0 heterocycles. The SMILES string of the molecule is C=COC(=O)/C=C/c1ccc(O)c(O)c1. The van der Waals surface area contributed by atoms with Gasteiger partial charge in [-0.1, -0.05) is 12.6 Å². The highest BCUT2D eigenvalue weighted by molar-refractivity contribution is 5.87. The number of benzene rings is 1. The van der Waals surface area contributed by atoms with Gasteiger partial charge in [-0.2, -0.15) is 0 Å². The molecule has 0 aliphatic rings. The van der Waals surface area contributed by atoms with Crippen molar-refractivity contribution in [2.24, 2.45) is 0 Å². The van der Waals surface area contributed by atoms with Crippen LogP contribution in [0.5, 0.6) is 11.5 Å². The second-order valence-corrected chi connectivity index (χ2v) is 2.69. The van der Waals surface area contributed by atoms with Crippen LogP contribution in [0.15, 0.2) is 37.1 Å². The maximum absolute atomic E-state index is 10.9. The molecule has 0 saturated carbocycles. The summed E-state index contributed by atoms with van der Waals surface area (Å²) in [4.78, 5) is 10.9. The molecule has 1 aromatic rings. The van der Waals surface area contributed by atoms with Gasteiger partial charge in [-0.15, -0.1) is 0 Å². The zero-order valence-corrected chi connectivity index (χ0v) is 7.88. The topological polar surface area (TPSA) is 66.8 Å². The number of carbonyl (C=O) groups is 1. The Morgan fingerprint density at radius 3 is 2.67 bits per heavy atom. The Labute approximate surface area is 86.7 Å². The summed E-state index contributed by atoms with van der Waals surface area (Å²) in [6.45, 7) is 3.23. The molecular formula is C11H10O4. The molecule has 15 heavy (non-hydrogen) atoms.